The van der Waals surface area contributed by atoms with E-state index in [0.29, 0.717) is 12.1 Å². The van der Waals surface area contributed by atoms with Crippen molar-refractivity contribution in [2.24, 2.45) is 0 Å². The Hall–Kier alpha value is -1.88. The number of pyridine rings is 1. The van der Waals surface area contributed by atoms with E-state index in [9.17, 15) is 4.79 Å². The number of hydrogen-bond acceptors (Lipinski definition) is 3. The van der Waals surface area contributed by atoms with Crippen molar-refractivity contribution in [2.45, 2.75) is 12.8 Å². The summed E-state index contributed by atoms with van der Waals surface area (Å²) in [5, 5.41) is 0. The smallest absolute Gasteiger partial charge is 0.262 e. The maximum Gasteiger partial charge on any atom is 0.262 e. The summed E-state index contributed by atoms with van der Waals surface area (Å²) in [5.41, 5.74) is 8.46. The summed E-state index contributed by atoms with van der Waals surface area (Å²) in [7, 11) is 0. The molecule has 20 heavy (non-hydrogen) atoms. The number of rotatable bonds is 1. The van der Waals surface area contributed by atoms with Gasteiger partial charge in [-0.1, -0.05) is 18.2 Å². The minimum absolute atomic E-state index is 0.0940. The number of nitrogens with two attached hydrogens (primary N) is 1. The summed E-state index contributed by atoms with van der Waals surface area (Å²) < 4.78 is 0.750. The summed E-state index contributed by atoms with van der Waals surface area (Å²) in [6.45, 7) is 0.710. The van der Waals surface area contributed by atoms with Gasteiger partial charge in [0.25, 0.3) is 5.91 Å². The standard InChI is InChI=1S/C15H14BrN3O/c16-11-8-12(14(17)18-9-11)15(20)19-7-3-5-10-4-1-2-6-13(10)19/h1-2,4,6,8-9H,3,5,7H2,(H2,17,18). The number of fused-ring (bicyclic) bond motifs is 1. The molecule has 1 aliphatic heterocycles. The van der Waals surface area contributed by atoms with Crippen molar-refractivity contribution in [3.8, 4) is 0 Å². The lowest BCUT2D eigenvalue weighted by Crippen LogP contribution is -2.36. The molecule has 2 heterocycles. The second kappa shape index (κ2) is 5.25. The van der Waals surface area contributed by atoms with Gasteiger partial charge in [-0.15, -0.1) is 0 Å². The number of halogens is 1. The lowest BCUT2D eigenvalue weighted by molar-refractivity contribution is 0.0985. The molecule has 0 saturated heterocycles. The zero-order valence-corrected chi connectivity index (χ0v) is 12.4. The van der Waals surface area contributed by atoms with Crippen LogP contribution >= 0.6 is 15.9 Å². The number of anilines is 2. The summed E-state index contributed by atoms with van der Waals surface area (Å²) in [5.74, 6) is 0.171. The monoisotopic (exact) mass is 331 g/mol. The van der Waals surface area contributed by atoms with Crippen LogP contribution in [0.25, 0.3) is 0 Å². The third-order valence-corrected chi connectivity index (χ3v) is 3.90. The van der Waals surface area contributed by atoms with Gasteiger partial charge in [-0.3, -0.25) is 4.79 Å². The third-order valence-electron chi connectivity index (χ3n) is 3.47. The van der Waals surface area contributed by atoms with Crippen molar-refractivity contribution in [2.75, 3.05) is 17.2 Å². The van der Waals surface area contributed by atoms with Crippen LogP contribution in [0.1, 0.15) is 22.3 Å². The molecule has 0 atom stereocenters. The van der Waals surface area contributed by atoms with Gasteiger partial charge >= 0.3 is 0 Å². The summed E-state index contributed by atoms with van der Waals surface area (Å²) in [4.78, 5) is 18.5. The number of para-hydroxylation sites is 1. The van der Waals surface area contributed by atoms with Crippen molar-refractivity contribution in [3.63, 3.8) is 0 Å². The number of carbonyl (C=O) groups is 1. The third kappa shape index (κ3) is 2.29. The highest BCUT2D eigenvalue weighted by atomic mass is 79.9. The fourth-order valence-electron chi connectivity index (χ4n) is 2.51. The zero-order valence-electron chi connectivity index (χ0n) is 10.8. The Bertz CT molecular complexity index is 672. The van der Waals surface area contributed by atoms with Crippen LogP contribution in [0.2, 0.25) is 0 Å². The Balaban J connectivity index is 2.02. The van der Waals surface area contributed by atoms with Crippen LogP contribution < -0.4 is 10.6 Å². The molecular weight excluding hydrogens is 318 g/mol. The molecule has 1 aliphatic rings. The molecular formula is C15H14BrN3O. The Morgan fingerprint density at radius 3 is 3.00 bits per heavy atom. The normalized spacial score (nSPS) is 13.9. The fourth-order valence-corrected chi connectivity index (χ4v) is 2.84. The molecule has 102 valence electrons. The zero-order chi connectivity index (χ0) is 14.1. The lowest BCUT2D eigenvalue weighted by atomic mass is 10.0. The van der Waals surface area contributed by atoms with E-state index in [1.807, 2.05) is 18.2 Å². The summed E-state index contributed by atoms with van der Waals surface area (Å²) in [6.07, 6.45) is 3.56. The topological polar surface area (TPSA) is 59.2 Å². The molecule has 1 aromatic carbocycles. The number of carbonyl (C=O) groups excluding carboxylic acids is 1. The average molecular weight is 332 g/mol. The van der Waals surface area contributed by atoms with Crippen LogP contribution in [0, 0.1) is 0 Å². The predicted molar refractivity (Wildman–Crippen MR) is 82.8 cm³/mol. The molecule has 0 spiro atoms. The average Bonchev–Trinajstić information content (AvgIpc) is 2.48. The van der Waals surface area contributed by atoms with Crippen molar-refractivity contribution in [1.29, 1.82) is 0 Å². The van der Waals surface area contributed by atoms with Crippen molar-refractivity contribution < 1.29 is 4.79 Å². The lowest BCUT2D eigenvalue weighted by Gasteiger charge is -2.29. The molecule has 1 aromatic heterocycles. The SMILES string of the molecule is Nc1ncc(Br)cc1C(=O)N1CCCc2ccccc21. The Kier molecular flexibility index (Phi) is 3.44. The molecule has 0 bridgehead atoms. The minimum Gasteiger partial charge on any atom is -0.383 e. The van der Waals surface area contributed by atoms with Gasteiger partial charge in [0.1, 0.15) is 5.82 Å². The van der Waals surface area contributed by atoms with Crippen molar-refractivity contribution in [3.05, 3.63) is 52.1 Å². The van der Waals surface area contributed by atoms with Gasteiger partial charge in [0.2, 0.25) is 0 Å². The number of nitrogens with zero attached hydrogens (tertiary/aromatic N) is 2. The number of amides is 1. The Morgan fingerprint density at radius 2 is 2.15 bits per heavy atom. The van der Waals surface area contributed by atoms with Gasteiger partial charge in [-0.2, -0.15) is 0 Å². The number of hydrogen-bond donors (Lipinski definition) is 1. The molecule has 1 amide bonds. The number of benzene rings is 1. The van der Waals surface area contributed by atoms with Crippen LogP contribution in [0.3, 0.4) is 0 Å². The van der Waals surface area contributed by atoms with E-state index >= 15 is 0 Å². The highest BCUT2D eigenvalue weighted by Gasteiger charge is 2.25. The van der Waals surface area contributed by atoms with Gasteiger partial charge in [-0.25, -0.2) is 4.98 Å². The quantitative estimate of drug-likeness (QED) is 0.873. The van der Waals surface area contributed by atoms with Gasteiger partial charge in [0.15, 0.2) is 0 Å². The van der Waals surface area contributed by atoms with Gasteiger partial charge in [0, 0.05) is 22.9 Å². The molecule has 5 heteroatoms. The summed E-state index contributed by atoms with van der Waals surface area (Å²) >= 11 is 3.33. The predicted octanol–water partition coefficient (Wildman–Crippen LogP) is 3.02. The molecule has 2 aromatic rings. The van der Waals surface area contributed by atoms with Crippen LogP contribution in [0.15, 0.2) is 41.0 Å². The van der Waals surface area contributed by atoms with Gasteiger partial charge < -0.3 is 10.6 Å². The highest BCUT2D eigenvalue weighted by molar-refractivity contribution is 9.10. The first-order valence-corrected chi connectivity index (χ1v) is 7.27. The highest BCUT2D eigenvalue weighted by Crippen LogP contribution is 2.29. The maximum atomic E-state index is 12.7. The van der Waals surface area contributed by atoms with E-state index in [2.05, 4.69) is 27.0 Å². The number of nitrogen functional groups attached to an aromatic ring is 1. The van der Waals surface area contributed by atoms with Crippen molar-refractivity contribution in [1.82, 2.24) is 4.98 Å². The number of aromatic nitrogens is 1. The van der Waals surface area contributed by atoms with E-state index in [1.165, 1.54) is 5.56 Å². The van der Waals surface area contributed by atoms with E-state index < -0.39 is 0 Å². The Morgan fingerprint density at radius 1 is 1.35 bits per heavy atom. The second-order valence-electron chi connectivity index (χ2n) is 4.78. The van der Waals surface area contributed by atoms with Crippen LogP contribution in [-0.4, -0.2) is 17.4 Å². The van der Waals surface area contributed by atoms with E-state index in [-0.39, 0.29) is 11.7 Å². The Labute approximate surface area is 125 Å². The maximum absolute atomic E-state index is 12.7. The molecule has 4 nitrogen and oxygen atoms in total. The number of aryl methyl sites for hydroxylation is 1. The van der Waals surface area contributed by atoms with Crippen LogP contribution in [0.4, 0.5) is 11.5 Å². The van der Waals surface area contributed by atoms with E-state index in [1.54, 1.807) is 17.2 Å². The molecule has 0 aliphatic carbocycles. The second-order valence-corrected chi connectivity index (χ2v) is 5.69. The van der Waals surface area contributed by atoms with Crippen LogP contribution in [-0.2, 0) is 6.42 Å². The first-order chi connectivity index (χ1) is 9.66. The van der Waals surface area contributed by atoms with Gasteiger partial charge in [-0.05, 0) is 46.5 Å². The first-order valence-electron chi connectivity index (χ1n) is 6.47. The molecule has 0 unspecified atom stereocenters. The largest absolute Gasteiger partial charge is 0.383 e. The molecule has 0 fully saturated rings. The van der Waals surface area contributed by atoms with E-state index in [4.69, 9.17) is 5.73 Å². The van der Waals surface area contributed by atoms with Gasteiger partial charge in [0.05, 0.1) is 5.56 Å². The fraction of sp³-hybridized carbons (Fsp3) is 0.200. The molecule has 3 rings (SSSR count). The minimum atomic E-state index is -0.0940. The molecule has 2 N–H and O–H groups in total. The first kappa shape index (κ1) is 13.1. The summed E-state index contributed by atoms with van der Waals surface area (Å²) in [6, 6.07) is 9.72. The van der Waals surface area contributed by atoms with Crippen LogP contribution in [0.5, 0.6) is 0 Å². The molecule has 0 radical (unpaired) electrons. The van der Waals surface area contributed by atoms with Crippen molar-refractivity contribution >= 4 is 33.3 Å². The van der Waals surface area contributed by atoms with E-state index in [0.717, 1.165) is 23.0 Å². The molecule has 0 saturated carbocycles.